The quantitative estimate of drug-likeness (QED) is 0.253. The normalized spacial score (nSPS) is 13.4. The Balaban J connectivity index is 1.35. The fourth-order valence-corrected chi connectivity index (χ4v) is 5.40. The molecule has 6 rings (SSSR count). The average Bonchev–Trinajstić information content (AvgIpc) is 3.11. The second kappa shape index (κ2) is 8.01. The van der Waals surface area contributed by atoms with Crippen molar-refractivity contribution in [3.8, 4) is 44.5 Å². The van der Waals surface area contributed by atoms with E-state index >= 15 is 0 Å². The Morgan fingerprint density at radius 2 is 0.941 bits per heavy atom. The molecule has 0 bridgehead atoms. The van der Waals surface area contributed by atoms with Crippen molar-refractivity contribution in [1.29, 1.82) is 0 Å². The molecular formula is C33H25Cl. The number of benzene rings is 5. The van der Waals surface area contributed by atoms with E-state index in [9.17, 15) is 0 Å². The zero-order valence-corrected chi connectivity index (χ0v) is 20.1. The Bertz CT molecular complexity index is 1510. The third-order valence-electron chi connectivity index (χ3n) is 7.18. The van der Waals surface area contributed by atoms with Gasteiger partial charge in [-0.05, 0) is 79.9 Å². The highest BCUT2D eigenvalue weighted by Crippen LogP contribution is 2.49. The Labute approximate surface area is 206 Å². The van der Waals surface area contributed by atoms with Crippen LogP contribution in [0.15, 0.2) is 115 Å². The summed E-state index contributed by atoms with van der Waals surface area (Å²) >= 11 is 6.04. The zero-order chi connectivity index (χ0) is 23.3. The van der Waals surface area contributed by atoms with E-state index in [1.54, 1.807) is 0 Å². The van der Waals surface area contributed by atoms with Gasteiger partial charge in [0.25, 0.3) is 0 Å². The van der Waals surface area contributed by atoms with Crippen molar-refractivity contribution < 1.29 is 0 Å². The summed E-state index contributed by atoms with van der Waals surface area (Å²) in [6.07, 6.45) is 0. The first-order chi connectivity index (χ1) is 16.5. The second-order valence-corrected chi connectivity index (χ2v) is 10.0. The van der Waals surface area contributed by atoms with Crippen LogP contribution in [0.2, 0.25) is 5.02 Å². The van der Waals surface area contributed by atoms with Gasteiger partial charge in [-0.2, -0.15) is 0 Å². The maximum Gasteiger partial charge on any atom is 0.0406 e. The maximum atomic E-state index is 6.04. The summed E-state index contributed by atoms with van der Waals surface area (Å²) in [5.74, 6) is 0. The van der Waals surface area contributed by atoms with Gasteiger partial charge in [0.2, 0.25) is 0 Å². The minimum Gasteiger partial charge on any atom is -0.0843 e. The average molecular weight is 457 g/mol. The van der Waals surface area contributed by atoms with Crippen LogP contribution in [0, 0.1) is 0 Å². The molecule has 0 unspecified atom stereocenters. The molecule has 5 aromatic carbocycles. The number of fused-ring (bicyclic) bond motifs is 3. The predicted molar refractivity (Wildman–Crippen MR) is 145 cm³/mol. The smallest absolute Gasteiger partial charge is 0.0406 e. The topological polar surface area (TPSA) is 0 Å². The van der Waals surface area contributed by atoms with Gasteiger partial charge in [0, 0.05) is 10.4 Å². The molecule has 164 valence electrons. The summed E-state index contributed by atoms with van der Waals surface area (Å²) in [7, 11) is 0. The van der Waals surface area contributed by atoms with Crippen molar-refractivity contribution in [2.24, 2.45) is 0 Å². The van der Waals surface area contributed by atoms with Gasteiger partial charge in [0.15, 0.2) is 0 Å². The van der Waals surface area contributed by atoms with Gasteiger partial charge in [0.05, 0.1) is 0 Å². The van der Waals surface area contributed by atoms with Crippen molar-refractivity contribution in [2.75, 3.05) is 0 Å². The lowest BCUT2D eigenvalue weighted by atomic mass is 9.82. The van der Waals surface area contributed by atoms with Crippen LogP contribution in [0.4, 0.5) is 0 Å². The summed E-state index contributed by atoms with van der Waals surface area (Å²) in [5, 5.41) is 0.760. The van der Waals surface area contributed by atoms with Gasteiger partial charge in [-0.15, -0.1) is 0 Å². The molecule has 0 spiro atoms. The zero-order valence-electron chi connectivity index (χ0n) is 19.3. The third-order valence-corrected chi connectivity index (χ3v) is 7.43. The molecule has 0 atom stereocenters. The highest BCUT2D eigenvalue weighted by Gasteiger charge is 2.35. The van der Waals surface area contributed by atoms with Gasteiger partial charge in [-0.1, -0.05) is 116 Å². The second-order valence-electron chi connectivity index (χ2n) is 9.60. The minimum atomic E-state index is 0.0398. The van der Waals surface area contributed by atoms with Crippen molar-refractivity contribution in [3.63, 3.8) is 0 Å². The SMILES string of the molecule is CC1(C)c2ccccc2-c2cc(-c3cccc(-c4ccc(-c5ccc(Cl)cc5)cc4)c3)ccc21. The van der Waals surface area contributed by atoms with Crippen molar-refractivity contribution in [2.45, 2.75) is 19.3 Å². The molecule has 0 aliphatic heterocycles. The lowest BCUT2D eigenvalue weighted by Gasteiger charge is -2.21. The molecule has 1 aliphatic carbocycles. The van der Waals surface area contributed by atoms with E-state index < -0.39 is 0 Å². The van der Waals surface area contributed by atoms with Crippen LogP contribution < -0.4 is 0 Å². The van der Waals surface area contributed by atoms with Crippen LogP contribution in [0.3, 0.4) is 0 Å². The summed E-state index contributed by atoms with van der Waals surface area (Å²) in [4.78, 5) is 0. The van der Waals surface area contributed by atoms with Gasteiger partial charge >= 0.3 is 0 Å². The summed E-state index contributed by atoms with van der Waals surface area (Å²) in [6.45, 7) is 4.65. The fraction of sp³-hybridized carbons (Fsp3) is 0.0909. The lowest BCUT2D eigenvalue weighted by molar-refractivity contribution is 0.660. The molecule has 0 saturated carbocycles. The molecule has 0 aromatic heterocycles. The summed E-state index contributed by atoms with van der Waals surface area (Å²) in [6, 6.07) is 41.4. The first-order valence-corrected chi connectivity index (χ1v) is 12.1. The predicted octanol–water partition coefficient (Wildman–Crippen LogP) is 9.65. The molecular weight excluding hydrogens is 432 g/mol. The fourth-order valence-electron chi connectivity index (χ4n) is 5.28. The molecule has 0 heterocycles. The Kier molecular flexibility index (Phi) is 4.94. The lowest BCUT2D eigenvalue weighted by Crippen LogP contribution is -2.14. The van der Waals surface area contributed by atoms with Crippen molar-refractivity contribution >= 4 is 11.6 Å². The van der Waals surface area contributed by atoms with Crippen LogP contribution >= 0.6 is 11.6 Å². The van der Waals surface area contributed by atoms with Crippen LogP contribution in [0.25, 0.3) is 44.5 Å². The van der Waals surface area contributed by atoms with E-state index in [1.165, 1.54) is 55.6 Å². The first kappa shape index (κ1) is 21.0. The van der Waals surface area contributed by atoms with E-state index in [-0.39, 0.29) is 5.41 Å². The Morgan fingerprint density at radius 1 is 0.441 bits per heavy atom. The van der Waals surface area contributed by atoms with E-state index in [1.807, 2.05) is 12.1 Å². The van der Waals surface area contributed by atoms with E-state index in [0.717, 1.165) is 5.02 Å². The van der Waals surface area contributed by atoms with Crippen LogP contribution in [-0.2, 0) is 5.41 Å². The Hall–Kier alpha value is -3.61. The molecule has 1 aliphatic rings. The van der Waals surface area contributed by atoms with Crippen molar-refractivity contribution in [3.05, 3.63) is 131 Å². The standard InChI is InChI=1S/C33H25Cl/c1-33(2)31-9-4-3-8-29(31)30-21-27(16-19-32(30)33)26-7-5-6-25(20-26)24-12-10-22(11-13-24)23-14-17-28(34)18-15-23/h3-21H,1-2H3. The number of halogens is 1. The summed E-state index contributed by atoms with van der Waals surface area (Å²) in [5.41, 5.74) is 12.9. The molecule has 34 heavy (non-hydrogen) atoms. The molecule has 5 aromatic rings. The number of hydrogen-bond donors (Lipinski definition) is 0. The molecule has 0 N–H and O–H groups in total. The molecule has 0 amide bonds. The molecule has 1 heteroatoms. The van der Waals surface area contributed by atoms with Gasteiger partial charge in [0.1, 0.15) is 0 Å². The molecule has 0 saturated heterocycles. The van der Waals surface area contributed by atoms with Gasteiger partial charge in [-0.25, -0.2) is 0 Å². The molecule has 0 nitrogen and oxygen atoms in total. The number of rotatable bonds is 3. The van der Waals surface area contributed by atoms with Crippen LogP contribution in [0.1, 0.15) is 25.0 Å². The maximum absolute atomic E-state index is 6.04. The minimum absolute atomic E-state index is 0.0398. The van der Waals surface area contributed by atoms with Gasteiger partial charge < -0.3 is 0 Å². The highest BCUT2D eigenvalue weighted by atomic mass is 35.5. The number of hydrogen-bond acceptors (Lipinski definition) is 0. The van der Waals surface area contributed by atoms with Gasteiger partial charge in [-0.3, -0.25) is 0 Å². The monoisotopic (exact) mass is 456 g/mol. The largest absolute Gasteiger partial charge is 0.0843 e. The van der Waals surface area contributed by atoms with Crippen molar-refractivity contribution in [1.82, 2.24) is 0 Å². The van der Waals surface area contributed by atoms with E-state index in [0.29, 0.717) is 0 Å². The first-order valence-electron chi connectivity index (χ1n) is 11.7. The Morgan fingerprint density at radius 3 is 1.65 bits per heavy atom. The van der Waals surface area contributed by atoms with Crippen LogP contribution in [0.5, 0.6) is 0 Å². The van der Waals surface area contributed by atoms with E-state index in [4.69, 9.17) is 11.6 Å². The van der Waals surface area contributed by atoms with E-state index in [2.05, 4.69) is 117 Å². The molecule has 0 fully saturated rings. The third kappa shape index (κ3) is 3.47. The van der Waals surface area contributed by atoms with Crippen LogP contribution in [-0.4, -0.2) is 0 Å². The molecule has 0 radical (unpaired) electrons. The summed E-state index contributed by atoms with van der Waals surface area (Å²) < 4.78 is 0. The highest BCUT2D eigenvalue weighted by molar-refractivity contribution is 6.30.